The summed E-state index contributed by atoms with van der Waals surface area (Å²) in [6, 6.07) is 5.51. The molecule has 0 fully saturated rings. The van der Waals surface area contributed by atoms with E-state index in [0.29, 0.717) is 17.5 Å². The van der Waals surface area contributed by atoms with Crippen molar-refractivity contribution in [2.24, 2.45) is 11.7 Å². The van der Waals surface area contributed by atoms with E-state index in [2.05, 4.69) is 24.8 Å². The van der Waals surface area contributed by atoms with Gasteiger partial charge in [-0.25, -0.2) is 4.98 Å². The number of imidazole rings is 1. The molecule has 0 aliphatic heterocycles. The molecule has 2 aromatic rings. The minimum Gasteiger partial charge on any atom is -0.321 e. The highest BCUT2D eigenvalue weighted by Gasteiger charge is 2.17. The number of nitrogens with zero attached hydrogens (tertiary/aromatic N) is 2. The summed E-state index contributed by atoms with van der Waals surface area (Å²) in [4.78, 5) is 4.60. The van der Waals surface area contributed by atoms with Gasteiger partial charge in [0.05, 0.1) is 23.6 Å². The van der Waals surface area contributed by atoms with Gasteiger partial charge in [0.15, 0.2) is 0 Å². The number of terminal acetylenes is 1. The Hall–Kier alpha value is -1.50. The number of aromatic nitrogens is 2. The lowest BCUT2D eigenvalue weighted by molar-refractivity contribution is 0.483. The first-order chi connectivity index (χ1) is 9.02. The zero-order valence-corrected chi connectivity index (χ0v) is 12.0. The van der Waals surface area contributed by atoms with Crippen molar-refractivity contribution in [3.63, 3.8) is 0 Å². The SMILES string of the molecule is C#CCn1c(C(N)CC(C)C)nc2cc(Cl)ccc21. The van der Waals surface area contributed by atoms with E-state index < -0.39 is 0 Å². The van der Waals surface area contributed by atoms with E-state index in [1.54, 1.807) is 0 Å². The molecule has 0 aliphatic carbocycles. The zero-order chi connectivity index (χ0) is 14.0. The van der Waals surface area contributed by atoms with Crippen LogP contribution in [0, 0.1) is 18.3 Å². The normalized spacial score (nSPS) is 12.8. The van der Waals surface area contributed by atoms with Gasteiger partial charge in [0.25, 0.3) is 0 Å². The van der Waals surface area contributed by atoms with Gasteiger partial charge in [0.2, 0.25) is 0 Å². The first-order valence-electron chi connectivity index (χ1n) is 6.37. The van der Waals surface area contributed by atoms with Crippen LogP contribution in [0.1, 0.15) is 32.1 Å². The molecule has 0 aliphatic rings. The average molecular weight is 276 g/mol. The zero-order valence-electron chi connectivity index (χ0n) is 11.2. The second-order valence-corrected chi connectivity index (χ2v) is 5.57. The van der Waals surface area contributed by atoms with Crippen LogP contribution in [-0.4, -0.2) is 9.55 Å². The molecule has 0 radical (unpaired) electrons. The Kier molecular flexibility index (Phi) is 4.14. The summed E-state index contributed by atoms with van der Waals surface area (Å²) < 4.78 is 2.00. The van der Waals surface area contributed by atoms with Crippen molar-refractivity contribution in [1.82, 2.24) is 9.55 Å². The van der Waals surface area contributed by atoms with Crippen molar-refractivity contribution in [3.8, 4) is 12.3 Å². The third kappa shape index (κ3) is 2.91. The number of hydrogen-bond donors (Lipinski definition) is 1. The van der Waals surface area contributed by atoms with Gasteiger partial charge < -0.3 is 10.3 Å². The molecule has 1 heterocycles. The highest BCUT2D eigenvalue weighted by molar-refractivity contribution is 6.31. The molecule has 1 unspecified atom stereocenters. The number of benzene rings is 1. The molecule has 0 amide bonds. The summed E-state index contributed by atoms with van der Waals surface area (Å²) in [5, 5.41) is 0.668. The van der Waals surface area contributed by atoms with Crippen molar-refractivity contribution >= 4 is 22.6 Å². The molecule has 4 heteroatoms. The molecular formula is C15H18ClN3. The highest BCUT2D eigenvalue weighted by Crippen LogP contribution is 2.25. The van der Waals surface area contributed by atoms with Crippen molar-refractivity contribution in [3.05, 3.63) is 29.0 Å². The molecule has 2 rings (SSSR count). The van der Waals surface area contributed by atoms with Gasteiger partial charge in [-0.2, -0.15) is 0 Å². The van der Waals surface area contributed by atoms with Crippen molar-refractivity contribution in [1.29, 1.82) is 0 Å². The average Bonchev–Trinajstić information content (AvgIpc) is 2.67. The van der Waals surface area contributed by atoms with Crippen LogP contribution >= 0.6 is 11.6 Å². The monoisotopic (exact) mass is 275 g/mol. The van der Waals surface area contributed by atoms with E-state index in [1.807, 2.05) is 22.8 Å². The predicted molar refractivity (Wildman–Crippen MR) is 80.0 cm³/mol. The summed E-state index contributed by atoms with van der Waals surface area (Å²) >= 11 is 6.00. The summed E-state index contributed by atoms with van der Waals surface area (Å²) in [5.74, 6) is 4.01. The molecular weight excluding hydrogens is 258 g/mol. The number of hydrogen-bond acceptors (Lipinski definition) is 2. The van der Waals surface area contributed by atoms with Crippen LogP contribution in [0.3, 0.4) is 0 Å². The number of fused-ring (bicyclic) bond motifs is 1. The van der Waals surface area contributed by atoms with Crippen LogP contribution in [0.4, 0.5) is 0 Å². The Morgan fingerprint density at radius 2 is 2.21 bits per heavy atom. The van der Waals surface area contributed by atoms with E-state index in [4.69, 9.17) is 23.8 Å². The molecule has 0 spiro atoms. The smallest absolute Gasteiger partial charge is 0.127 e. The molecule has 1 aromatic carbocycles. The molecule has 100 valence electrons. The Balaban J connectivity index is 2.53. The summed E-state index contributed by atoms with van der Waals surface area (Å²) in [6.45, 7) is 4.76. The Morgan fingerprint density at radius 3 is 2.84 bits per heavy atom. The minimum atomic E-state index is -0.112. The number of rotatable bonds is 4. The van der Waals surface area contributed by atoms with Crippen molar-refractivity contribution in [2.75, 3.05) is 0 Å². The third-order valence-corrected chi connectivity index (χ3v) is 3.28. The van der Waals surface area contributed by atoms with Gasteiger partial charge in [0, 0.05) is 5.02 Å². The van der Waals surface area contributed by atoms with E-state index in [9.17, 15) is 0 Å². The fraction of sp³-hybridized carbons (Fsp3) is 0.400. The van der Waals surface area contributed by atoms with Crippen molar-refractivity contribution < 1.29 is 0 Å². The first-order valence-corrected chi connectivity index (χ1v) is 6.75. The van der Waals surface area contributed by atoms with Gasteiger partial charge in [0.1, 0.15) is 5.82 Å². The molecule has 0 saturated heterocycles. The fourth-order valence-corrected chi connectivity index (χ4v) is 2.44. The highest BCUT2D eigenvalue weighted by atomic mass is 35.5. The van der Waals surface area contributed by atoms with Gasteiger partial charge in [-0.3, -0.25) is 0 Å². The van der Waals surface area contributed by atoms with Crippen LogP contribution in [0.2, 0.25) is 5.02 Å². The van der Waals surface area contributed by atoms with E-state index >= 15 is 0 Å². The largest absolute Gasteiger partial charge is 0.321 e. The lowest BCUT2D eigenvalue weighted by Gasteiger charge is -2.15. The third-order valence-electron chi connectivity index (χ3n) is 3.05. The van der Waals surface area contributed by atoms with E-state index in [0.717, 1.165) is 23.3 Å². The Morgan fingerprint density at radius 1 is 1.47 bits per heavy atom. The minimum absolute atomic E-state index is 0.112. The molecule has 19 heavy (non-hydrogen) atoms. The standard InChI is InChI=1S/C15H18ClN3/c1-4-7-19-14-6-5-11(16)9-13(14)18-15(19)12(17)8-10(2)3/h1,5-6,9-10,12H,7-8,17H2,2-3H3. The fourth-order valence-electron chi connectivity index (χ4n) is 2.28. The van der Waals surface area contributed by atoms with Gasteiger partial charge in [-0.05, 0) is 30.5 Å². The second kappa shape index (κ2) is 5.64. The molecule has 0 saturated carbocycles. The van der Waals surface area contributed by atoms with Crippen LogP contribution < -0.4 is 5.73 Å². The number of halogens is 1. The molecule has 1 aromatic heterocycles. The second-order valence-electron chi connectivity index (χ2n) is 5.13. The number of nitrogens with two attached hydrogens (primary N) is 1. The first kappa shape index (κ1) is 13.9. The topological polar surface area (TPSA) is 43.8 Å². The quantitative estimate of drug-likeness (QED) is 0.870. The Bertz CT molecular complexity index is 622. The molecule has 2 N–H and O–H groups in total. The molecule has 0 bridgehead atoms. The maximum absolute atomic E-state index is 6.24. The van der Waals surface area contributed by atoms with E-state index in [1.165, 1.54) is 0 Å². The van der Waals surface area contributed by atoms with Crippen LogP contribution in [0.25, 0.3) is 11.0 Å². The summed E-state index contributed by atoms with van der Waals surface area (Å²) in [7, 11) is 0. The van der Waals surface area contributed by atoms with Crippen molar-refractivity contribution in [2.45, 2.75) is 32.9 Å². The van der Waals surface area contributed by atoms with Gasteiger partial charge in [-0.15, -0.1) is 6.42 Å². The maximum Gasteiger partial charge on any atom is 0.127 e. The lowest BCUT2D eigenvalue weighted by Crippen LogP contribution is -2.18. The van der Waals surface area contributed by atoms with Crippen LogP contribution in [-0.2, 0) is 6.54 Å². The van der Waals surface area contributed by atoms with Crippen LogP contribution in [0.5, 0.6) is 0 Å². The lowest BCUT2D eigenvalue weighted by atomic mass is 10.0. The van der Waals surface area contributed by atoms with E-state index in [-0.39, 0.29) is 6.04 Å². The summed E-state index contributed by atoms with van der Waals surface area (Å²) in [6.07, 6.45) is 6.32. The molecule has 3 nitrogen and oxygen atoms in total. The Labute approximate surface area is 118 Å². The molecule has 1 atom stereocenters. The predicted octanol–water partition coefficient (Wildman–Crippen LogP) is 3.37. The maximum atomic E-state index is 6.24. The van der Waals surface area contributed by atoms with Crippen LogP contribution in [0.15, 0.2) is 18.2 Å². The van der Waals surface area contributed by atoms with Gasteiger partial charge in [-0.1, -0.05) is 31.4 Å². The van der Waals surface area contributed by atoms with Gasteiger partial charge >= 0.3 is 0 Å². The summed E-state index contributed by atoms with van der Waals surface area (Å²) in [5.41, 5.74) is 8.07.